The highest BCUT2D eigenvalue weighted by Crippen LogP contribution is 2.26. The van der Waals surface area contributed by atoms with Gasteiger partial charge in [0.25, 0.3) is 10.2 Å². The molecule has 0 unspecified atom stereocenters. The number of hydrogen-bond donors (Lipinski definition) is 1. The summed E-state index contributed by atoms with van der Waals surface area (Å²) in [5.41, 5.74) is 1.14. The zero-order valence-electron chi connectivity index (χ0n) is 15.0. The third-order valence-corrected chi connectivity index (χ3v) is 7.45. The number of phenols is 1. The second-order valence-electron chi connectivity index (χ2n) is 7.18. The van der Waals surface area contributed by atoms with Gasteiger partial charge in [-0.05, 0) is 50.4 Å². The molecule has 140 valence electrons. The smallest absolute Gasteiger partial charge is 0.282 e. The van der Waals surface area contributed by atoms with Gasteiger partial charge in [-0.1, -0.05) is 18.6 Å². The maximum atomic E-state index is 13.1. The standard InChI is InChI=1S/C18H29N3O3S/c1-19-12-14-20(15-13-19)25(23,24)21-11-3-2-4-17(21)8-5-16-6-9-18(22)10-7-16/h6-7,9-10,17,22H,2-5,8,11-15H2,1H3/t17-/m1/s1. The Balaban J connectivity index is 1.66. The van der Waals surface area contributed by atoms with Crippen molar-refractivity contribution in [3.63, 3.8) is 0 Å². The van der Waals surface area contributed by atoms with E-state index >= 15 is 0 Å². The van der Waals surface area contributed by atoms with Crippen molar-refractivity contribution in [1.29, 1.82) is 0 Å². The Morgan fingerprint density at radius 3 is 2.40 bits per heavy atom. The Kier molecular flexibility index (Phi) is 5.99. The predicted molar refractivity (Wildman–Crippen MR) is 98.8 cm³/mol. The molecule has 2 aliphatic heterocycles. The van der Waals surface area contributed by atoms with Gasteiger partial charge in [-0.2, -0.15) is 17.0 Å². The lowest BCUT2D eigenvalue weighted by molar-refractivity contribution is 0.187. The molecule has 1 aromatic rings. The van der Waals surface area contributed by atoms with E-state index in [0.717, 1.165) is 50.8 Å². The van der Waals surface area contributed by atoms with Gasteiger partial charge in [0.2, 0.25) is 0 Å². The van der Waals surface area contributed by atoms with E-state index < -0.39 is 10.2 Å². The topological polar surface area (TPSA) is 64.1 Å². The molecule has 0 saturated carbocycles. The quantitative estimate of drug-likeness (QED) is 0.860. The molecule has 3 rings (SSSR count). The number of phenolic OH excluding ortho intramolecular Hbond substituents is 1. The molecule has 1 atom stereocenters. The number of rotatable bonds is 5. The van der Waals surface area contributed by atoms with Crippen LogP contribution in [0.3, 0.4) is 0 Å². The highest BCUT2D eigenvalue weighted by atomic mass is 32.2. The maximum absolute atomic E-state index is 13.1. The third-order valence-electron chi connectivity index (χ3n) is 5.36. The number of benzene rings is 1. The average Bonchev–Trinajstić information content (AvgIpc) is 2.62. The fourth-order valence-corrected chi connectivity index (χ4v) is 5.60. The van der Waals surface area contributed by atoms with Gasteiger partial charge in [0.1, 0.15) is 5.75 Å². The summed E-state index contributed by atoms with van der Waals surface area (Å²) < 4.78 is 29.6. The van der Waals surface area contributed by atoms with Crippen molar-refractivity contribution in [3.05, 3.63) is 29.8 Å². The van der Waals surface area contributed by atoms with Gasteiger partial charge in [-0.25, -0.2) is 0 Å². The van der Waals surface area contributed by atoms with E-state index in [2.05, 4.69) is 4.90 Å². The van der Waals surface area contributed by atoms with E-state index in [4.69, 9.17) is 0 Å². The number of piperidine rings is 1. The fourth-order valence-electron chi connectivity index (χ4n) is 3.73. The van der Waals surface area contributed by atoms with Crippen LogP contribution in [0, 0.1) is 0 Å². The minimum atomic E-state index is -3.37. The molecule has 7 heteroatoms. The third kappa shape index (κ3) is 4.53. The molecule has 0 aliphatic carbocycles. The number of nitrogens with zero attached hydrogens (tertiary/aromatic N) is 3. The lowest BCUT2D eigenvalue weighted by Crippen LogP contribution is -2.55. The monoisotopic (exact) mass is 367 g/mol. The Morgan fingerprint density at radius 1 is 1.04 bits per heavy atom. The van der Waals surface area contributed by atoms with Crippen LogP contribution >= 0.6 is 0 Å². The highest BCUT2D eigenvalue weighted by molar-refractivity contribution is 7.86. The van der Waals surface area contributed by atoms with Gasteiger partial charge in [0.15, 0.2) is 0 Å². The van der Waals surface area contributed by atoms with E-state index in [1.807, 2.05) is 19.2 Å². The van der Waals surface area contributed by atoms with E-state index in [1.165, 1.54) is 0 Å². The van der Waals surface area contributed by atoms with Crippen LogP contribution in [0.2, 0.25) is 0 Å². The van der Waals surface area contributed by atoms with Crippen LogP contribution in [-0.4, -0.2) is 72.8 Å². The minimum Gasteiger partial charge on any atom is -0.508 e. The van der Waals surface area contributed by atoms with Crippen LogP contribution in [0.5, 0.6) is 5.75 Å². The van der Waals surface area contributed by atoms with Crippen molar-refractivity contribution in [1.82, 2.24) is 13.5 Å². The lowest BCUT2D eigenvalue weighted by Gasteiger charge is -2.40. The second-order valence-corrected chi connectivity index (χ2v) is 9.06. The first kappa shape index (κ1) is 18.6. The molecule has 2 saturated heterocycles. The van der Waals surface area contributed by atoms with Gasteiger partial charge in [0, 0.05) is 38.8 Å². The minimum absolute atomic E-state index is 0.0761. The zero-order valence-corrected chi connectivity index (χ0v) is 15.8. The largest absolute Gasteiger partial charge is 0.508 e. The molecule has 0 radical (unpaired) electrons. The molecule has 0 spiro atoms. The van der Waals surface area contributed by atoms with E-state index in [9.17, 15) is 13.5 Å². The number of aromatic hydroxyl groups is 1. The molecular formula is C18H29N3O3S. The first-order valence-electron chi connectivity index (χ1n) is 9.20. The molecule has 2 fully saturated rings. The second kappa shape index (κ2) is 8.03. The maximum Gasteiger partial charge on any atom is 0.282 e. The summed E-state index contributed by atoms with van der Waals surface area (Å²) in [6.45, 7) is 3.39. The molecule has 1 N–H and O–H groups in total. The predicted octanol–water partition coefficient (Wildman–Crippen LogP) is 1.67. The molecule has 0 amide bonds. The highest BCUT2D eigenvalue weighted by Gasteiger charge is 2.37. The normalized spacial score (nSPS) is 24.4. The van der Waals surface area contributed by atoms with Gasteiger partial charge in [0.05, 0.1) is 0 Å². The summed E-state index contributed by atoms with van der Waals surface area (Å²) in [5, 5.41) is 9.39. The van der Waals surface area contributed by atoms with Crippen LogP contribution in [0.25, 0.3) is 0 Å². The summed E-state index contributed by atoms with van der Waals surface area (Å²) in [4.78, 5) is 2.17. The van der Waals surface area contributed by atoms with Crippen LogP contribution in [0.4, 0.5) is 0 Å². The first-order chi connectivity index (χ1) is 12.0. The van der Waals surface area contributed by atoms with Crippen LogP contribution in [0.1, 0.15) is 31.2 Å². The molecule has 0 aromatic heterocycles. The Morgan fingerprint density at radius 2 is 1.72 bits per heavy atom. The van der Waals surface area contributed by atoms with Crippen molar-refractivity contribution in [3.8, 4) is 5.75 Å². The van der Waals surface area contributed by atoms with E-state index in [0.29, 0.717) is 19.6 Å². The summed E-state index contributed by atoms with van der Waals surface area (Å²) in [6, 6.07) is 7.28. The first-order valence-corrected chi connectivity index (χ1v) is 10.6. The summed E-state index contributed by atoms with van der Waals surface area (Å²) in [5.74, 6) is 0.265. The van der Waals surface area contributed by atoms with Gasteiger partial charge >= 0.3 is 0 Å². The van der Waals surface area contributed by atoms with E-state index in [-0.39, 0.29) is 11.8 Å². The average molecular weight is 368 g/mol. The molecule has 2 heterocycles. The molecule has 25 heavy (non-hydrogen) atoms. The zero-order chi connectivity index (χ0) is 17.9. The summed E-state index contributed by atoms with van der Waals surface area (Å²) >= 11 is 0. The van der Waals surface area contributed by atoms with Crippen molar-refractivity contribution in [2.24, 2.45) is 0 Å². The Hall–Kier alpha value is -1.15. The van der Waals surface area contributed by atoms with Crippen LogP contribution < -0.4 is 0 Å². The lowest BCUT2D eigenvalue weighted by atomic mass is 9.98. The molecule has 0 bridgehead atoms. The fraction of sp³-hybridized carbons (Fsp3) is 0.667. The van der Waals surface area contributed by atoms with Crippen molar-refractivity contribution in [2.45, 2.75) is 38.1 Å². The van der Waals surface area contributed by atoms with Gasteiger partial charge in [-0.15, -0.1) is 0 Å². The number of hydrogen-bond acceptors (Lipinski definition) is 4. The van der Waals surface area contributed by atoms with Crippen LogP contribution in [0.15, 0.2) is 24.3 Å². The van der Waals surface area contributed by atoms with Crippen molar-refractivity contribution >= 4 is 10.2 Å². The van der Waals surface area contributed by atoms with Crippen molar-refractivity contribution < 1.29 is 13.5 Å². The Bertz CT molecular complexity index is 655. The summed E-state index contributed by atoms with van der Waals surface area (Å²) in [6.07, 6.45) is 4.64. The molecule has 2 aliphatic rings. The van der Waals surface area contributed by atoms with Gasteiger partial charge in [-0.3, -0.25) is 0 Å². The number of piperazine rings is 1. The van der Waals surface area contributed by atoms with Crippen LogP contribution in [-0.2, 0) is 16.6 Å². The molecule has 1 aromatic carbocycles. The van der Waals surface area contributed by atoms with E-state index in [1.54, 1.807) is 20.7 Å². The summed E-state index contributed by atoms with van der Waals surface area (Å²) in [7, 11) is -1.34. The molecular weight excluding hydrogens is 338 g/mol. The number of likely N-dealkylation sites (N-methyl/N-ethyl adjacent to an activating group) is 1. The number of aryl methyl sites for hydroxylation is 1. The SMILES string of the molecule is CN1CCN(S(=O)(=O)N2CCCC[C@@H]2CCc2ccc(O)cc2)CC1. The molecule has 6 nitrogen and oxygen atoms in total. The van der Waals surface area contributed by atoms with Crippen molar-refractivity contribution in [2.75, 3.05) is 39.8 Å². The van der Waals surface area contributed by atoms with Gasteiger partial charge < -0.3 is 10.0 Å². The Labute approximate surface area is 151 Å².